The summed E-state index contributed by atoms with van der Waals surface area (Å²) in [7, 11) is -6.67. The molecule has 162 valence electrons. The van der Waals surface area contributed by atoms with Gasteiger partial charge in [-0.15, -0.1) is 0 Å². The highest BCUT2D eigenvalue weighted by atomic mass is 32.2. The number of anilines is 2. The molecular weight excluding hydrogens is 428 g/mol. The maximum atomic E-state index is 13.0. The van der Waals surface area contributed by atoms with Crippen LogP contribution in [0.15, 0.2) is 47.4 Å². The number of benzene rings is 2. The lowest BCUT2D eigenvalue weighted by Gasteiger charge is -2.18. The Morgan fingerprint density at radius 1 is 1.13 bits per heavy atom. The Morgan fingerprint density at radius 3 is 2.27 bits per heavy atom. The molecule has 1 saturated heterocycles. The lowest BCUT2D eigenvalue weighted by Crippen LogP contribution is -2.30. The van der Waals surface area contributed by atoms with Crippen LogP contribution in [-0.4, -0.2) is 35.6 Å². The molecule has 1 heterocycles. The van der Waals surface area contributed by atoms with E-state index in [2.05, 4.69) is 4.72 Å². The molecule has 10 heteroatoms. The summed E-state index contributed by atoms with van der Waals surface area (Å²) >= 11 is 0. The second-order valence-electron chi connectivity index (χ2n) is 7.50. The Labute approximate surface area is 177 Å². The summed E-state index contributed by atoms with van der Waals surface area (Å²) in [6.07, 6.45) is 0. The van der Waals surface area contributed by atoms with E-state index < -0.39 is 31.9 Å². The van der Waals surface area contributed by atoms with E-state index in [4.69, 9.17) is 4.74 Å². The highest BCUT2D eigenvalue weighted by molar-refractivity contribution is 7.94. The minimum atomic E-state index is -4.12. The van der Waals surface area contributed by atoms with E-state index in [1.54, 1.807) is 12.1 Å². The lowest BCUT2D eigenvalue weighted by atomic mass is 10.0. The molecule has 1 atom stereocenters. The zero-order valence-corrected chi connectivity index (χ0v) is 18.7. The van der Waals surface area contributed by atoms with Crippen molar-refractivity contribution >= 4 is 37.3 Å². The Balaban J connectivity index is 2.02. The SMILES string of the molecule is COc1ccc(N2C(=O)C(C)CS2(=O)=O)cc1S(=O)(=O)Nc1ccc(C(C)C)cc1. The minimum absolute atomic E-state index is 0.0298. The normalized spacial score (nSPS) is 18.6. The summed E-state index contributed by atoms with van der Waals surface area (Å²) in [4.78, 5) is 12.1. The van der Waals surface area contributed by atoms with E-state index in [0.717, 1.165) is 11.6 Å². The topological polar surface area (TPSA) is 110 Å². The summed E-state index contributed by atoms with van der Waals surface area (Å²) < 4.78 is 59.1. The molecule has 0 aliphatic carbocycles. The number of methoxy groups -OCH3 is 1. The predicted octanol–water partition coefficient (Wildman–Crippen LogP) is 2.93. The van der Waals surface area contributed by atoms with Crippen LogP contribution in [0.2, 0.25) is 0 Å². The lowest BCUT2D eigenvalue weighted by molar-refractivity contribution is -0.119. The average molecular weight is 453 g/mol. The molecule has 0 spiro atoms. The van der Waals surface area contributed by atoms with Gasteiger partial charge in [0.1, 0.15) is 10.6 Å². The van der Waals surface area contributed by atoms with Gasteiger partial charge in [0.25, 0.3) is 10.0 Å². The molecule has 2 aromatic rings. The molecule has 1 N–H and O–H groups in total. The first-order valence-electron chi connectivity index (χ1n) is 9.34. The van der Waals surface area contributed by atoms with Crippen LogP contribution in [0, 0.1) is 5.92 Å². The molecule has 0 aromatic heterocycles. The van der Waals surface area contributed by atoms with Crippen molar-refractivity contribution in [2.45, 2.75) is 31.6 Å². The largest absolute Gasteiger partial charge is 0.495 e. The molecule has 0 radical (unpaired) electrons. The standard InChI is InChI=1S/C20H24N2O6S2/c1-13(2)15-5-7-16(8-6-15)21-30(26,27)19-11-17(9-10-18(19)28-4)22-20(23)14(3)12-29(22,24)25/h5-11,13-14,21H,12H2,1-4H3. The first-order chi connectivity index (χ1) is 14.0. The third kappa shape index (κ3) is 4.15. The fourth-order valence-corrected chi connectivity index (χ4v) is 6.30. The van der Waals surface area contributed by atoms with E-state index in [1.807, 2.05) is 26.0 Å². The average Bonchev–Trinajstić information content (AvgIpc) is 2.88. The van der Waals surface area contributed by atoms with Crippen LogP contribution in [-0.2, 0) is 24.8 Å². The maximum Gasteiger partial charge on any atom is 0.265 e. The van der Waals surface area contributed by atoms with E-state index in [-0.39, 0.29) is 22.1 Å². The Bertz CT molecular complexity index is 1170. The smallest absolute Gasteiger partial charge is 0.265 e. The number of carbonyl (C=O) groups excluding carboxylic acids is 1. The molecular formula is C20H24N2O6S2. The van der Waals surface area contributed by atoms with Crippen molar-refractivity contribution in [2.24, 2.45) is 5.92 Å². The number of sulfonamides is 2. The number of ether oxygens (including phenoxy) is 1. The zero-order chi connectivity index (χ0) is 22.3. The van der Waals surface area contributed by atoms with Crippen molar-refractivity contribution in [3.63, 3.8) is 0 Å². The van der Waals surface area contributed by atoms with Gasteiger partial charge in [0.05, 0.1) is 24.5 Å². The quantitative estimate of drug-likeness (QED) is 0.722. The van der Waals surface area contributed by atoms with Gasteiger partial charge in [0, 0.05) is 5.69 Å². The minimum Gasteiger partial charge on any atom is -0.495 e. The maximum absolute atomic E-state index is 13.0. The molecule has 0 saturated carbocycles. The molecule has 1 amide bonds. The van der Waals surface area contributed by atoms with Gasteiger partial charge in [-0.3, -0.25) is 9.52 Å². The number of rotatable bonds is 6. The summed E-state index contributed by atoms with van der Waals surface area (Å²) in [5, 5.41) is 0. The third-order valence-corrected chi connectivity index (χ3v) is 8.13. The summed E-state index contributed by atoms with van der Waals surface area (Å²) in [5.41, 5.74) is 1.37. The molecule has 3 rings (SSSR count). The van der Waals surface area contributed by atoms with Gasteiger partial charge in [0.2, 0.25) is 15.9 Å². The van der Waals surface area contributed by atoms with Crippen molar-refractivity contribution in [1.29, 1.82) is 0 Å². The number of hydrogen-bond acceptors (Lipinski definition) is 6. The van der Waals surface area contributed by atoms with Crippen molar-refractivity contribution in [3.8, 4) is 5.75 Å². The second-order valence-corrected chi connectivity index (χ2v) is 11.0. The van der Waals surface area contributed by atoms with Gasteiger partial charge in [-0.05, 0) is 41.8 Å². The van der Waals surface area contributed by atoms with Crippen LogP contribution >= 0.6 is 0 Å². The van der Waals surface area contributed by atoms with Gasteiger partial charge < -0.3 is 4.74 Å². The number of nitrogens with one attached hydrogen (secondary N) is 1. The fraction of sp³-hybridized carbons (Fsp3) is 0.350. The Morgan fingerprint density at radius 2 is 1.77 bits per heavy atom. The zero-order valence-electron chi connectivity index (χ0n) is 17.1. The van der Waals surface area contributed by atoms with Crippen molar-refractivity contribution in [1.82, 2.24) is 0 Å². The van der Waals surface area contributed by atoms with E-state index in [1.165, 1.54) is 26.2 Å². The van der Waals surface area contributed by atoms with Crippen LogP contribution in [0.5, 0.6) is 5.75 Å². The van der Waals surface area contributed by atoms with E-state index in [9.17, 15) is 21.6 Å². The third-order valence-electron chi connectivity index (χ3n) is 4.86. The van der Waals surface area contributed by atoms with Crippen LogP contribution in [0.1, 0.15) is 32.3 Å². The number of carbonyl (C=O) groups is 1. The number of hydrogen-bond donors (Lipinski definition) is 1. The summed E-state index contributed by atoms with van der Waals surface area (Å²) in [6, 6.07) is 10.8. The Kier molecular flexibility index (Phi) is 5.83. The van der Waals surface area contributed by atoms with Gasteiger partial charge in [0.15, 0.2) is 0 Å². The van der Waals surface area contributed by atoms with Crippen LogP contribution in [0.3, 0.4) is 0 Å². The molecule has 1 unspecified atom stereocenters. The summed E-state index contributed by atoms with van der Waals surface area (Å²) in [5.74, 6) is -1.28. The highest BCUT2D eigenvalue weighted by Gasteiger charge is 2.42. The van der Waals surface area contributed by atoms with Gasteiger partial charge in [-0.1, -0.05) is 32.9 Å². The molecule has 2 aromatic carbocycles. The van der Waals surface area contributed by atoms with Gasteiger partial charge >= 0.3 is 0 Å². The Hall–Kier alpha value is -2.59. The molecule has 1 fully saturated rings. The number of amides is 1. The van der Waals surface area contributed by atoms with Crippen molar-refractivity contribution < 1.29 is 26.4 Å². The highest BCUT2D eigenvalue weighted by Crippen LogP contribution is 2.34. The van der Waals surface area contributed by atoms with Gasteiger partial charge in [-0.2, -0.15) is 0 Å². The van der Waals surface area contributed by atoms with E-state index >= 15 is 0 Å². The fourth-order valence-electron chi connectivity index (χ4n) is 3.23. The molecule has 1 aliphatic rings. The predicted molar refractivity (Wildman–Crippen MR) is 115 cm³/mol. The van der Waals surface area contributed by atoms with E-state index in [0.29, 0.717) is 15.9 Å². The van der Waals surface area contributed by atoms with Crippen molar-refractivity contribution in [2.75, 3.05) is 21.9 Å². The molecule has 0 bridgehead atoms. The molecule has 1 aliphatic heterocycles. The number of nitrogens with zero attached hydrogens (tertiary/aromatic N) is 1. The van der Waals surface area contributed by atoms with Gasteiger partial charge in [-0.25, -0.2) is 21.1 Å². The first-order valence-corrected chi connectivity index (χ1v) is 12.4. The summed E-state index contributed by atoms with van der Waals surface area (Å²) in [6.45, 7) is 5.58. The molecule has 8 nitrogen and oxygen atoms in total. The van der Waals surface area contributed by atoms with Crippen LogP contribution in [0.4, 0.5) is 11.4 Å². The van der Waals surface area contributed by atoms with Crippen molar-refractivity contribution in [3.05, 3.63) is 48.0 Å². The second kappa shape index (κ2) is 7.92. The van der Waals surface area contributed by atoms with Crippen LogP contribution in [0.25, 0.3) is 0 Å². The molecule has 30 heavy (non-hydrogen) atoms. The monoisotopic (exact) mass is 452 g/mol. The van der Waals surface area contributed by atoms with Crippen LogP contribution < -0.4 is 13.8 Å². The first kappa shape index (κ1) is 22.1.